The number of halogens is 2. The van der Waals surface area contributed by atoms with Crippen molar-refractivity contribution in [1.29, 1.82) is 0 Å². The molecular weight excluding hydrogens is 413 g/mol. The number of amides is 1. The molecule has 0 radical (unpaired) electrons. The largest absolute Gasteiger partial charge is 0.306 e. The van der Waals surface area contributed by atoms with E-state index in [0.717, 1.165) is 21.9 Å². The van der Waals surface area contributed by atoms with Gasteiger partial charge in [-0.25, -0.2) is 0 Å². The predicted molar refractivity (Wildman–Crippen MR) is 120 cm³/mol. The van der Waals surface area contributed by atoms with Gasteiger partial charge in [-0.2, -0.15) is 10.1 Å². The fourth-order valence-electron chi connectivity index (χ4n) is 2.67. The monoisotopic (exact) mass is 433 g/mol. The van der Waals surface area contributed by atoms with Crippen LogP contribution in [0.3, 0.4) is 0 Å². The van der Waals surface area contributed by atoms with Gasteiger partial charge in [0.1, 0.15) is 0 Å². The van der Waals surface area contributed by atoms with Gasteiger partial charge in [-0.05, 0) is 50.8 Å². The van der Waals surface area contributed by atoms with Crippen LogP contribution in [0, 0.1) is 6.92 Å². The maximum absolute atomic E-state index is 13.0. The van der Waals surface area contributed by atoms with Gasteiger partial charge in [0.25, 0.3) is 5.91 Å². The second-order valence-electron chi connectivity index (χ2n) is 6.70. The van der Waals surface area contributed by atoms with E-state index in [9.17, 15) is 4.79 Å². The van der Waals surface area contributed by atoms with Gasteiger partial charge in [-0.15, -0.1) is 11.8 Å². The molecule has 0 fully saturated rings. The number of aryl methyl sites for hydroxylation is 1. The molecule has 1 aliphatic heterocycles. The van der Waals surface area contributed by atoms with Gasteiger partial charge in [0.15, 0.2) is 0 Å². The van der Waals surface area contributed by atoms with Crippen LogP contribution >= 0.6 is 35.0 Å². The summed E-state index contributed by atoms with van der Waals surface area (Å²) in [4.78, 5) is 15.9. The summed E-state index contributed by atoms with van der Waals surface area (Å²) >= 11 is 14.0. The maximum Gasteiger partial charge on any atom is 0.280 e. The highest BCUT2D eigenvalue weighted by Gasteiger charge is 2.31. The third-order valence-corrected chi connectivity index (χ3v) is 6.09. The first kappa shape index (κ1) is 20.9. The zero-order chi connectivity index (χ0) is 20.3. The molecule has 2 aromatic carbocycles. The van der Waals surface area contributed by atoms with Crippen LogP contribution in [0.5, 0.6) is 0 Å². The van der Waals surface area contributed by atoms with E-state index in [2.05, 4.69) is 5.10 Å². The van der Waals surface area contributed by atoms with Crippen LogP contribution in [-0.4, -0.2) is 42.9 Å². The van der Waals surface area contributed by atoms with Gasteiger partial charge < -0.3 is 4.90 Å². The first-order valence-corrected chi connectivity index (χ1v) is 10.5. The van der Waals surface area contributed by atoms with Crippen molar-refractivity contribution < 1.29 is 4.79 Å². The summed E-state index contributed by atoms with van der Waals surface area (Å²) in [7, 11) is 3.93. The number of carbonyl (C=O) groups is 1. The molecule has 28 heavy (non-hydrogen) atoms. The normalized spacial score (nSPS) is 15.6. The zero-order valence-electron chi connectivity index (χ0n) is 15.9. The minimum absolute atomic E-state index is 0.109. The van der Waals surface area contributed by atoms with Crippen molar-refractivity contribution in [1.82, 2.24) is 4.90 Å². The van der Waals surface area contributed by atoms with Gasteiger partial charge >= 0.3 is 0 Å². The highest BCUT2D eigenvalue weighted by Crippen LogP contribution is 2.34. The van der Waals surface area contributed by atoms with Gasteiger partial charge in [-0.3, -0.25) is 4.79 Å². The summed E-state index contributed by atoms with van der Waals surface area (Å²) in [5.74, 6) is 0.428. The lowest BCUT2D eigenvalue weighted by molar-refractivity contribution is -0.114. The van der Waals surface area contributed by atoms with Gasteiger partial charge in [0.2, 0.25) is 0 Å². The Labute approximate surface area is 179 Å². The Kier molecular flexibility index (Phi) is 6.83. The molecular formula is C21H21Cl2N3OS. The molecule has 146 valence electrons. The van der Waals surface area contributed by atoms with Crippen LogP contribution in [0.4, 0.5) is 5.69 Å². The number of hydrogen-bond donors (Lipinski definition) is 0. The van der Waals surface area contributed by atoms with Crippen molar-refractivity contribution in [3.05, 3.63) is 69.7 Å². The van der Waals surface area contributed by atoms with Crippen molar-refractivity contribution >= 4 is 52.3 Å². The van der Waals surface area contributed by atoms with E-state index in [1.807, 2.05) is 68.4 Å². The standard InChI is InChI=1S/C21H21Cl2N3OS/c1-14-11-20(18(23)12-17(14)22)28-13-19-16(9-10-25(2)3)21(27)26(24-19)15-7-5-4-6-8-15/h4-9,11-12H,10,13H2,1-3H3/b16-9+. The number of benzene rings is 2. The van der Waals surface area contributed by atoms with Crippen LogP contribution in [0.1, 0.15) is 5.56 Å². The fraction of sp³-hybridized carbons (Fsp3) is 0.238. The van der Waals surface area contributed by atoms with Crippen molar-refractivity contribution in [3.8, 4) is 0 Å². The summed E-state index contributed by atoms with van der Waals surface area (Å²) in [6.07, 6.45) is 1.93. The Morgan fingerprint density at radius 3 is 2.54 bits per heavy atom. The first-order valence-electron chi connectivity index (χ1n) is 8.77. The molecule has 3 rings (SSSR count). The number of nitrogens with zero attached hydrogens (tertiary/aromatic N) is 3. The average molecular weight is 434 g/mol. The molecule has 0 N–H and O–H groups in total. The number of anilines is 1. The number of hydrazone groups is 1. The molecule has 0 aromatic heterocycles. The third kappa shape index (κ3) is 4.78. The first-order chi connectivity index (χ1) is 13.4. The molecule has 0 atom stereocenters. The molecule has 2 aromatic rings. The highest BCUT2D eigenvalue weighted by molar-refractivity contribution is 8.00. The fourth-order valence-corrected chi connectivity index (χ4v) is 4.18. The lowest BCUT2D eigenvalue weighted by Crippen LogP contribution is -2.22. The van der Waals surface area contributed by atoms with E-state index in [1.165, 1.54) is 5.01 Å². The van der Waals surface area contributed by atoms with Crippen LogP contribution in [0.2, 0.25) is 10.0 Å². The summed E-state index contributed by atoms with van der Waals surface area (Å²) < 4.78 is 0. The van der Waals surface area contributed by atoms with Crippen LogP contribution < -0.4 is 5.01 Å². The lowest BCUT2D eigenvalue weighted by Gasteiger charge is -2.11. The van der Waals surface area contributed by atoms with Crippen molar-refractivity contribution in [2.75, 3.05) is 31.4 Å². The van der Waals surface area contributed by atoms with Crippen LogP contribution in [-0.2, 0) is 4.79 Å². The molecule has 0 saturated heterocycles. The van der Waals surface area contributed by atoms with E-state index < -0.39 is 0 Å². The third-order valence-electron chi connectivity index (χ3n) is 4.19. The zero-order valence-corrected chi connectivity index (χ0v) is 18.3. The molecule has 1 aliphatic rings. The predicted octanol–water partition coefficient (Wildman–Crippen LogP) is 5.28. The summed E-state index contributed by atoms with van der Waals surface area (Å²) in [6.45, 7) is 2.60. The average Bonchev–Trinajstić information content (AvgIpc) is 2.98. The molecule has 0 unspecified atom stereocenters. The lowest BCUT2D eigenvalue weighted by atomic mass is 10.1. The Hall–Kier alpha value is -1.79. The molecule has 0 spiro atoms. The Morgan fingerprint density at radius 2 is 1.86 bits per heavy atom. The summed E-state index contributed by atoms with van der Waals surface area (Å²) in [5, 5.41) is 7.32. The number of carbonyl (C=O) groups excluding carboxylic acids is 1. The number of likely N-dealkylation sites (N-methyl/N-ethyl adjacent to an activating group) is 1. The van der Waals surface area contributed by atoms with Crippen LogP contribution in [0.25, 0.3) is 0 Å². The van der Waals surface area contributed by atoms with Crippen molar-refractivity contribution in [2.24, 2.45) is 5.10 Å². The number of hydrogen-bond acceptors (Lipinski definition) is 4. The Bertz CT molecular complexity index is 942. The molecule has 0 saturated carbocycles. The van der Waals surface area contributed by atoms with Crippen LogP contribution in [0.15, 0.2) is 64.1 Å². The molecule has 1 heterocycles. The SMILES string of the molecule is Cc1cc(SCC2=NN(c3ccccc3)C(=O)/C2=C/CN(C)C)c(Cl)cc1Cl. The molecule has 0 aliphatic carbocycles. The second-order valence-corrected chi connectivity index (χ2v) is 8.53. The molecule has 7 heteroatoms. The quantitative estimate of drug-likeness (QED) is 0.458. The second kappa shape index (κ2) is 9.14. The molecule has 1 amide bonds. The minimum Gasteiger partial charge on any atom is -0.306 e. The van der Waals surface area contributed by atoms with E-state index >= 15 is 0 Å². The van der Waals surface area contributed by atoms with E-state index in [4.69, 9.17) is 23.2 Å². The Balaban J connectivity index is 1.87. The molecule has 0 bridgehead atoms. The van der Waals surface area contributed by atoms with Crippen molar-refractivity contribution in [2.45, 2.75) is 11.8 Å². The summed E-state index contributed by atoms with van der Waals surface area (Å²) in [6, 6.07) is 13.2. The molecule has 4 nitrogen and oxygen atoms in total. The van der Waals surface area contributed by atoms with E-state index in [1.54, 1.807) is 17.8 Å². The van der Waals surface area contributed by atoms with E-state index in [-0.39, 0.29) is 5.91 Å². The van der Waals surface area contributed by atoms with Gasteiger partial charge in [0.05, 0.1) is 22.0 Å². The van der Waals surface area contributed by atoms with Gasteiger partial charge in [-0.1, -0.05) is 47.5 Å². The van der Waals surface area contributed by atoms with E-state index in [0.29, 0.717) is 27.9 Å². The number of thioether (sulfide) groups is 1. The smallest absolute Gasteiger partial charge is 0.280 e. The number of rotatable bonds is 6. The van der Waals surface area contributed by atoms with Crippen molar-refractivity contribution in [3.63, 3.8) is 0 Å². The van der Waals surface area contributed by atoms with Gasteiger partial charge in [0, 0.05) is 22.2 Å². The topological polar surface area (TPSA) is 35.9 Å². The highest BCUT2D eigenvalue weighted by atomic mass is 35.5. The number of para-hydroxylation sites is 1. The minimum atomic E-state index is -0.109. The summed E-state index contributed by atoms with van der Waals surface area (Å²) in [5.41, 5.74) is 3.09. The maximum atomic E-state index is 13.0. The Morgan fingerprint density at radius 1 is 1.14 bits per heavy atom.